The minimum atomic E-state index is -0.365. The Bertz CT molecular complexity index is 1300. The third kappa shape index (κ3) is 3.49. The van der Waals surface area contributed by atoms with Crippen LogP contribution in [0.25, 0.3) is 16.4 Å². The van der Waals surface area contributed by atoms with Gasteiger partial charge in [0.25, 0.3) is 11.1 Å². The van der Waals surface area contributed by atoms with Crippen LogP contribution in [0, 0.1) is 5.92 Å². The summed E-state index contributed by atoms with van der Waals surface area (Å²) in [6.45, 7) is 2.24. The van der Waals surface area contributed by atoms with Gasteiger partial charge in [0.15, 0.2) is 0 Å². The molecule has 2 N–H and O–H groups in total. The first-order valence-electron chi connectivity index (χ1n) is 10.1. The van der Waals surface area contributed by atoms with Crippen LogP contribution in [-0.2, 0) is 13.1 Å². The van der Waals surface area contributed by atoms with Crippen LogP contribution < -0.4 is 16.4 Å². The maximum atomic E-state index is 12.7. The molecule has 1 aliphatic carbocycles. The van der Waals surface area contributed by atoms with E-state index in [0.29, 0.717) is 11.9 Å². The van der Waals surface area contributed by atoms with Gasteiger partial charge in [0.1, 0.15) is 11.0 Å². The summed E-state index contributed by atoms with van der Waals surface area (Å²) in [5.41, 5.74) is 2.15. The van der Waals surface area contributed by atoms with E-state index in [9.17, 15) is 9.59 Å². The van der Waals surface area contributed by atoms with Crippen LogP contribution in [0.3, 0.4) is 0 Å². The summed E-state index contributed by atoms with van der Waals surface area (Å²) in [7, 11) is 0. The molecule has 0 aliphatic heterocycles. The highest BCUT2D eigenvalue weighted by Crippen LogP contribution is 2.25. The molecule has 0 unspecified atom stereocenters. The van der Waals surface area contributed by atoms with Gasteiger partial charge in [-0.1, -0.05) is 12.5 Å². The smallest absolute Gasteiger partial charge is 0.264 e. The van der Waals surface area contributed by atoms with E-state index < -0.39 is 0 Å². The number of nitrogens with one attached hydrogen (secondary N) is 2. The van der Waals surface area contributed by atoms with Crippen molar-refractivity contribution in [2.45, 2.75) is 32.4 Å². The van der Waals surface area contributed by atoms with Crippen LogP contribution in [0.5, 0.6) is 0 Å². The molecule has 1 saturated carbocycles. The highest BCUT2D eigenvalue weighted by Gasteiger charge is 2.16. The van der Waals surface area contributed by atoms with Crippen molar-refractivity contribution >= 4 is 16.4 Å². The van der Waals surface area contributed by atoms with Crippen molar-refractivity contribution in [2.24, 2.45) is 5.92 Å². The molecule has 29 heavy (non-hydrogen) atoms. The Morgan fingerprint density at radius 1 is 1.14 bits per heavy atom. The second-order valence-corrected chi connectivity index (χ2v) is 7.85. The fourth-order valence-electron chi connectivity index (χ4n) is 3.92. The number of fused-ring (bicyclic) bond motifs is 2. The molecule has 0 atom stereocenters. The van der Waals surface area contributed by atoms with E-state index in [1.54, 1.807) is 24.5 Å². The monoisotopic (exact) mass is 389 g/mol. The molecule has 0 saturated heterocycles. The molecule has 1 aliphatic rings. The topological polar surface area (TPSA) is 84.2 Å². The molecule has 0 amide bonds. The molecule has 1 fully saturated rings. The van der Waals surface area contributed by atoms with Crippen LogP contribution in [0.1, 0.15) is 30.5 Å². The first-order valence-corrected chi connectivity index (χ1v) is 10.1. The normalized spacial score (nSPS) is 14.5. The fraction of sp³-hybridized carbons (Fsp3) is 0.318. The Morgan fingerprint density at radius 3 is 2.86 bits per heavy atom. The Balaban J connectivity index is 1.37. The summed E-state index contributed by atoms with van der Waals surface area (Å²) >= 11 is 0. The maximum Gasteiger partial charge on any atom is 0.264 e. The van der Waals surface area contributed by atoms with E-state index >= 15 is 0 Å². The Hall–Kier alpha value is -3.19. The van der Waals surface area contributed by atoms with Crippen molar-refractivity contribution in [3.63, 3.8) is 0 Å². The number of H-pyrrole nitrogens is 1. The summed E-state index contributed by atoms with van der Waals surface area (Å²) < 4.78 is 3.52. The number of rotatable bonds is 6. The zero-order valence-corrected chi connectivity index (χ0v) is 16.1. The van der Waals surface area contributed by atoms with Gasteiger partial charge >= 0.3 is 0 Å². The van der Waals surface area contributed by atoms with Crippen LogP contribution in [-0.4, -0.2) is 25.5 Å². The second kappa shape index (κ2) is 7.33. The van der Waals surface area contributed by atoms with E-state index in [4.69, 9.17) is 0 Å². The van der Waals surface area contributed by atoms with Gasteiger partial charge in [-0.05, 0) is 54.5 Å². The maximum absolute atomic E-state index is 12.7. The summed E-state index contributed by atoms with van der Waals surface area (Å²) in [4.78, 5) is 32.0. The summed E-state index contributed by atoms with van der Waals surface area (Å²) in [5.74, 6) is 0.839. The number of nitrogens with zero attached hydrogens (tertiary/aromatic N) is 3. The number of hydrogen-bond donors (Lipinski definition) is 2. The lowest BCUT2D eigenvalue weighted by molar-refractivity contribution is 0.301. The molecule has 0 spiro atoms. The van der Waals surface area contributed by atoms with E-state index in [2.05, 4.69) is 27.5 Å². The van der Waals surface area contributed by atoms with E-state index in [-0.39, 0.29) is 16.5 Å². The lowest BCUT2D eigenvalue weighted by atomic mass is 9.85. The highest BCUT2D eigenvalue weighted by atomic mass is 16.1. The lowest BCUT2D eigenvalue weighted by Gasteiger charge is -2.25. The Morgan fingerprint density at radius 2 is 2.03 bits per heavy atom. The van der Waals surface area contributed by atoms with Crippen LogP contribution in [0.4, 0.5) is 0 Å². The molecule has 4 aromatic rings. The van der Waals surface area contributed by atoms with Gasteiger partial charge in [-0.15, -0.1) is 0 Å². The average Bonchev–Trinajstić information content (AvgIpc) is 3.07. The van der Waals surface area contributed by atoms with Crippen molar-refractivity contribution in [1.82, 2.24) is 24.3 Å². The molecule has 4 aromatic heterocycles. The van der Waals surface area contributed by atoms with Crippen molar-refractivity contribution in [2.75, 3.05) is 6.54 Å². The summed E-state index contributed by atoms with van der Waals surface area (Å²) in [5, 5.41) is 4.35. The second-order valence-electron chi connectivity index (χ2n) is 7.85. The van der Waals surface area contributed by atoms with E-state index in [1.807, 2.05) is 16.7 Å². The van der Waals surface area contributed by atoms with Crippen molar-refractivity contribution in [1.29, 1.82) is 0 Å². The molecule has 5 rings (SSSR count). The van der Waals surface area contributed by atoms with Gasteiger partial charge in [-0.25, -0.2) is 4.98 Å². The van der Waals surface area contributed by atoms with Crippen molar-refractivity contribution in [3.8, 4) is 0 Å². The molecule has 4 heterocycles. The molecule has 7 heteroatoms. The van der Waals surface area contributed by atoms with Crippen molar-refractivity contribution < 1.29 is 0 Å². The van der Waals surface area contributed by atoms with Gasteiger partial charge < -0.3 is 19.3 Å². The third-order valence-electron chi connectivity index (χ3n) is 5.78. The number of aromatic nitrogens is 4. The molecular weight excluding hydrogens is 366 g/mol. The standard InChI is InChI=1S/C22H23N5O2/c28-21-20-17(6-8-24-21)7-9-26(22(20)29)13-18-14-27-12-16(4-5-19(27)25-18)11-23-10-15-2-1-3-15/h4-9,12,14-15,23H,1-3,10-11,13H2,(H,24,28). The zero-order valence-electron chi connectivity index (χ0n) is 16.1. The predicted molar refractivity (Wildman–Crippen MR) is 112 cm³/mol. The number of imidazole rings is 1. The SMILES string of the molecule is O=c1[nH]ccc2ccn(Cc3cn4cc(CNCC5CCC5)ccc4n3)c(=O)c12. The molecule has 0 aromatic carbocycles. The molecule has 0 bridgehead atoms. The van der Waals surface area contributed by atoms with Crippen LogP contribution in [0.2, 0.25) is 0 Å². The molecular formula is C22H23N5O2. The Labute approximate surface area is 167 Å². The molecule has 0 radical (unpaired) electrons. The first-order chi connectivity index (χ1) is 14.2. The van der Waals surface area contributed by atoms with Gasteiger partial charge in [0.05, 0.1) is 12.2 Å². The van der Waals surface area contributed by atoms with Gasteiger partial charge in [0, 0.05) is 31.3 Å². The van der Waals surface area contributed by atoms with Crippen LogP contribution in [0.15, 0.2) is 58.6 Å². The van der Waals surface area contributed by atoms with Crippen molar-refractivity contribution in [3.05, 3.63) is 81.0 Å². The van der Waals surface area contributed by atoms with E-state index in [0.717, 1.165) is 30.3 Å². The van der Waals surface area contributed by atoms with Gasteiger partial charge in [0.2, 0.25) is 0 Å². The fourth-order valence-corrected chi connectivity index (χ4v) is 3.92. The minimum Gasteiger partial charge on any atom is -0.328 e. The quantitative estimate of drug-likeness (QED) is 0.530. The van der Waals surface area contributed by atoms with Gasteiger partial charge in [-0.2, -0.15) is 0 Å². The minimum absolute atomic E-state index is 0.179. The average molecular weight is 389 g/mol. The molecule has 7 nitrogen and oxygen atoms in total. The third-order valence-corrected chi connectivity index (χ3v) is 5.78. The van der Waals surface area contributed by atoms with Crippen LogP contribution >= 0.6 is 0 Å². The predicted octanol–water partition coefficient (Wildman–Crippen LogP) is 2.28. The Kier molecular flexibility index (Phi) is 4.52. The highest BCUT2D eigenvalue weighted by molar-refractivity contribution is 5.79. The molecule has 148 valence electrons. The summed E-state index contributed by atoms with van der Waals surface area (Å²) in [6.07, 6.45) is 11.3. The number of aromatic amines is 1. The largest absolute Gasteiger partial charge is 0.328 e. The first kappa shape index (κ1) is 17.9. The van der Waals surface area contributed by atoms with E-state index in [1.165, 1.54) is 29.4 Å². The summed E-state index contributed by atoms with van der Waals surface area (Å²) in [6, 6.07) is 7.60. The number of hydrogen-bond acceptors (Lipinski definition) is 4. The van der Waals surface area contributed by atoms with Gasteiger partial charge in [-0.3, -0.25) is 9.59 Å². The lowest BCUT2D eigenvalue weighted by Crippen LogP contribution is -2.26. The number of pyridine rings is 3. The zero-order chi connectivity index (χ0) is 19.8.